The largest absolute Gasteiger partial charge is 0.392 e. The van der Waals surface area contributed by atoms with Crippen molar-refractivity contribution >= 4 is 0 Å². The van der Waals surface area contributed by atoms with E-state index in [-0.39, 0.29) is 18.1 Å². The molecule has 1 N–H and O–H groups in total. The van der Waals surface area contributed by atoms with Crippen LogP contribution in [0.3, 0.4) is 0 Å². The number of terminal acetylenes is 1. The Labute approximate surface area is 143 Å². The smallest absolute Gasteiger partial charge is 0.100 e. The molecular weight excluding hydrogens is 300 g/mol. The van der Waals surface area contributed by atoms with Gasteiger partial charge in [-0.1, -0.05) is 66.6 Å². The van der Waals surface area contributed by atoms with Crippen LogP contribution >= 0.6 is 0 Å². The Balaban J connectivity index is 1.63. The second kappa shape index (κ2) is 8.12. The number of aliphatic hydroxyl groups is 1. The van der Waals surface area contributed by atoms with Gasteiger partial charge in [0, 0.05) is 6.42 Å². The van der Waals surface area contributed by atoms with Gasteiger partial charge in [-0.05, 0) is 11.1 Å². The minimum absolute atomic E-state index is 0.204. The number of benzene rings is 2. The average molecular weight is 322 g/mol. The molecule has 1 fully saturated rings. The zero-order valence-electron chi connectivity index (χ0n) is 13.5. The van der Waals surface area contributed by atoms with Gasteiger partial charge in [0.25, 0.3) is 0 Å². The van der Waals surface area contributed by atoms with Gasteiger partial charge in [-0.25, -0.2) is 0 Å². The van der Waals surface area contributed by atoms with Gasteiger partial charge in [0.2, 0.25) is 0 Å². The van der Waals surface area contributed by atoms with Crippen molar-refractivity contribution in [3.05, 3.63) is 71.8 Å². The van der Waals surface area contributed by atoms with Crippen LogP contribution in [0.5, 0.6) is 0 Å². The SMILES string of the molecule is C#C[C@H]1[C@H](OCc2ccccc2)[C@H](OCc2ccccc2)C[C@@H]1O. The summed E-state index contributed by atoms with van der Waals surface area (Å²) in [5.41, 5.74) is 2.18. The third-order valence-electron chi connectivity index (χ3n) is 4.39. The molecule has 0 heterocycles. The van der Waals surface area contributed by atoms with Gasteiger partial charge in [0.05, 0.1) is 31.3 Å². The quantitative estimate of drug-likeness (QED) is 0.830. The summed E-state index contributed by atoms with van der Waals surface area (Å²) in [6.07, 6.45) is 5.02. The molecule has 2 aromatic rings. The van der Waals surface area contributed by atoms with Crippen molar-refractivity contribution in [1.82, 2.24) is 0 Å². The van der Waals surface area contributed by atoms with Crippen LogP contribution in [0.2, 0.25) is 0 Å². The fraction of sp³-hybridized carbons (Fsp3) is 0.333. The maximum absolute atomic E-state index is 10.2. The fourth-order valence-electron chi connectivity index (χ4n) is 3.09. The summed E-state index contributed by atoms with van der Waals surface area (Å²) in [6.45, 7) is 0.947. The fourth-order valence-corrected chi connectivity index (χ4v) is 3.09. The lowest BCUT2D eigenvalue weighted by Gasteiger charge is -2.23. The van der Waals surface area contributed by atoms with Crippen molar-refractivity contribution in [2.75, 3.05) is 0 Å². The number of rotatable bonds is 6. The number of hydrogen-bond donors (Lipinski definition) is 1. The molecule has 4 atom stereocenters. The van der Waals surface area contributed by atoms with E-state index in [1.54, 1.807) is 0 Å². The van der Waals surface area contributed by atoms with E-state index in [2.05, 4.69) is 5.92 Å². The minimum Gasteiger partial charge on any atom is -0.392 e. The monoisotopic (exact) mass is 322 g/mol. The minimum atomic E-state index is -0.587. The van der Waals surface area contributed by atoms with Crippen molar-refractivity contribution < 1.29 is 14.6 Å². The summed E-state index contributed by atoms with van der Waals surface area (Å²) in [7, 11) is 0. The summed E-state index contributed by atoms with van der Waals surface area (Å²) in [5, 5.41) is 10.2. The molecule has 3 rings (SSSR count). The van der Waals surface area contributed by atoms with Crippen molar-refractivity contribution in [1.29, 1.82) is 0 Å². The van der Waals surface area contributed by atoms with E-state index in [0.29, 0.717) is 19.6 Å². The summed E-state index contributed by atoms with van der Waals surface area (Å²) in [5.74, 6) is 2.33. The Hall–Kier alpha value is -2.12. The van der Waals surface area contributed by atoms with E-state index in [4.69, 9.17) is 15.9 Å². The molecule has 3 nitrogen and oxygen atoms in total. The van der Waals surface area contributed by atoms with Gasteiger partial charge in [-0.15, -0.1) is 6.42 Å². The van der Waals surface area contributed by atoms with Gasteiger partial charge in [-0.2, -0.15) is 0 Å². The lowest BCUT2D eigenvalue weighted by atomic mass is 10.0. The first-order valence-corrected chi connectivity index (χ1v) is 8.23. The van der Waals surface area contributed by atoms with E-state index in [0.717, 1.165) is 11.1 Å². The third kappa shape index (κ3) is 4.04. The van der Waals surface area contributed by atoms with Gasteiger partial charge in [-0.3, -0.25) is 0 Å². The molecule has 1 aliphatic rings. The van der Waals surface area contributed by atoms with E-state index < -0.39 is 6.10 Å². The van der Waals surface area contributed by atoms with Crippen LogP contribution in [0.15, 0.2) is 60.7 Å². The standard InChI is InChI=1S/C21H22O3/c1-2-18-19(22)13-20(23-14-16-9-5-3-6-10-16)21(18)24-15-17-11-7-4-8-12-17/h1,3-12,18-22H,13-15H2/t18-,19+,20-,21+/m1/s1. The van der Waals surface area contributed by atoms with Gasteiger partial charge < -0.3 is 14.6 Å². The number of ether oxygens (including phenoxy) is 2. The summed E-state index contributed by atoms with van der Waals surface area (Å²) < 4.78 is 12.0. The molecule has 0 saturated heterocycles. The molecule has 0 bridgehead atoms. The maximum atomic E-state index is 10.2. The third-order valence-corrected chi connectivity index (χ3v) is 4.39. The van der Waals surface area contributed by atoms with E-state index in [9.17, 15) is 5.11 Å². The molecule has 24 heavy (non-hydrogen) atoms. The van der Waals surface area contributed by atoms with Crippen LogP contribution in [0.25, 0.3) is 0 Å². The molecule has 0 radical (unpaired) electrons. The highest BCUT2D eigenvalue weighted by atomic mass is 16.5. The second-order valence-corrected chi connectivity index (χ2v) is 6.09. The van der Waals surface area contributed by atoms with Crippen molar-refractivity contribution in [3.63, 3.8) is 0 Å². The van der Waals surface area contributed by atoms with Crippen LogP contribution < -0.4 is 0 Å². The number of aliphatic hydroxyl groups excluding tert-OH is 1. The Morgan fingerprint density at radius 3 is 2.00 bits per heavy atom. The predicted octanol–water partition coefficient (Wildman–Crippen LogP) is 3.17. The molecule has 3 heteroatoms. The molecular formula is C21H22O3. The molecule has 0 aromatic heterocycles. The lowest BCUT2D eigenvalue weighted by molar-refractivity contribution is -0.0776. The highest BCUT2D eigenvalue weighted by molar-refractivity contribution is 5.15. The molecule has 1 saturated carbocycles. The first kappa shape index (κ1) is 16.7. The van der Waals surface area contributed by atoms with Crippen LogP contribution in [-0.4, -0.2) is 23.4 Å². The number of hydrogen-bond acceptors (Lipinski definition) is 3. The second-order valence-electron chi connectivity index (χ2n) is 6.09. The zero-order valence-corrected chi connectivity index (χ0v) is 13.5. The first-order chi connectivity index (χ1) is 11.8. The molecule has 2 aromatic carbocycles. The van der Waals surface area contributed by atoms with Gasteiger partial charge in [0.15, 0.2) is 0 Å². The highest BCUT2D eigenvalue weighted by Crippen LogP contribution is 2.32. The van der Waals surface area contributed by atoms with Crippen LogP contribution in [0.1, 0.15) is 17.5 Å². The van der Waals surface area contributed by atoms with Crippen LogP contribution in [0.4, 0.5) is 0 Å². The summed E-state index contributed by atoms with van der Waals surface area (Å²) in [6, 6.07) is 19.9. The molecule has 0 spiro atoms. The first-order valence-electron chi connectivity index (χ1n) is 8.23. The van der Waals surface area contributed by atoms with Crippen molar-refractivity contribution in [2.24, 2.45) is 5.92 Å². The predicted molar refractivity (Wildman–Crippen MR) is 93.0 cm³/mol. The van der Waals surface area contributed by atoms with Gasteiger partial charge >= 0.3 is 0 Å². The zero-order chi connectivity index (χ0) is 16.8. The molecule has 0 aliphatic heterocycles. The lowest BCUT2D eigenvalue weighted by Crippen LogP contribution is -2.31. The molecule has 124 valence electrons. The van der Waals surface area contributed by atoms with Crippen molar-refractivity contribution in [2.45, 2.75) is 37.9 Å². The Kier molecular flexibility index (Phi) is 5.66. The summed E-state index contributed by atoms with van der Waals surface area (Å²) >= 11 is 0. The highest BCUT2D eigenvalue weighted by Gasteiger charge is 2.43. The Bertz CT molecular complexity index is 662. The average Bonchev–Trinajstić information content (AvgIpc) is 2.94. The van der Waals surface area contributed by atoms with Gasteiger partial charge in [0.1, 0.15) is 6.10 Å². The van der Waals surface area contributed by atoms with Crippen LogP contribution in [0, 0.1) is 18.3 Å². The Morgan fingerprint density at radius 2 is 1.46 bits per heavy atom. The van der Waals surface area contributed by atoms with E-state index in [1.807, 2.05) is 60.7 Å². The van der Waals surface area contributed by atoms with E-state index >= 15 is 0 Å². The topological polar surface area (TPSA) is 38.7 Å². The molecule has 0 unspecified atom stereocenters. The summed E-state index contributed by atoms with van der Waals surface area (Å²) in [4.78, 5) is 0. The molecule has 0 amide bonds. The van der Waals surface area contributed by atoms with Crippen LogP contribution in [-0.2, 0) is 22.7 Å². The van der Waals surface area contributed by atoms with Crippen molar-refractivity contribution in [3.8, 4) is 12.3 Å². The van der Waals surface area contributed by atoms with E-state index in [1.165, 1.54) is 0 Å². The maximum Gasteiger partial charge on any atom is 0.100 e. The molecule has 1 aliphatic carbocycles. The Morgan fingerprint density at radius 1 is 0.917 bits per heavy atom. The normalized spacial score (nSPS) is 26.2.